The van der Waals surface area contributed by atoms with Gasteiger partial charge in [0.2, 0.25) is 5.91 Å². The fourth-order valence-corrected chi connectivity index (χ4v) is 4.78. The molecule has 1 atom stereocenters. The molecule has 0 saturated carbocycles. The standard InChI is InChI=1S/C23H26Cl2N4O3/c24-19-2-1-16(13-20(19)25)22(31)27-14-21(30)29-10-5-18(15-29)28-11-6-23(32,7-12-28)17-3-8-26-9-4-17/h1-4,8-9,13,18,32H,5-7,10-12,14-15H2,(H,27,31). The van der Waals surface area contributed by atoms with Gasteiger partial charge in [-0.3, -0.25) is 19.5 Å². The van der Waals surface area contributed by atoms with Crippen molar-refractivity contribution in [2.75, 3.05) is 32.7 Å². The lowest BCUT2D eigenvalue weighted by molar-refractivity contribution is -0.129. The maximum atomic E-state index is 12.6. The van der Waals surface area contributed by atoms with Gasteiger partial charge in [-0.1, -0.05) is 23.2 Å². The van der Waals surface area contributed by atoms with Crippen molar-refractivity contribution in [2.45, 2.75) is 30.9 Å². The average Bonchev–Trinajstić information content (AvgIpc) is 3.30. The summed E-state index contributed by atoms with van der Waals surface area (Å²) in [6.07, 6.45) is 5.61. The molecule has 2 fully saturated rings. The van der Waals surface area contributed by atoms with Crippen LogP contribution < -0.4 is 5.32 Å². The summed E-state index contributed by atoms with van der Waals surface area (Å²) in [7, 11) is 0. The molecule has 1 aromatic heterocycles. The number of carbonyl (C=O) groups is 2. The van der Waals surface area contributed by atoms with Gasteiger partial charge in [-0.25, -0.2) is 0 Å². The molecular weight excluding hydrogens is 451 g/mol. The first kappa shape index (κ1) is 23.0. The number of aliphatic hydroxyl groups is 1. The number of hydrogen-bond acceptors (Lipinski definition) is 5. The van der Waals surface area contributed by atoms with Gasteiger partial charge in [0.25, 0.3) is 5.91 Å². The summed E-state index contributed by atoms with van der Waals surface area (Å²) in [5.74, 6) is -0.467. The molecule has 2 aliphatic heterocycles. The van der Waals surface area contributed by atoms with Crippen LogP contribution >= 0.6 is 23.2 Å². The van der Waals surface area contributed by atoms with Crippen LogP contribution in [0.5, 0.6) is 0 Å². The van der Waals surface area contributed by atoms with Crippen molar-refractivity contribution in [3.63, 3.8) is 0 Å². The molecule has 1 aromatic carbocycles. The minimum Gasteiger partial charge on any atom is -0.385 e. The first-order valence-electron chi connectivity index (χ1n) is 10.7. The maximum Gasteiger partial charge on any atom is 0.251 e. The Morgan fingerprint density at radius 2 is 1.81 bits per heavy atom. The van der Waals surface area contributed by atoms with Gasteiger partial charge in [-0.15, -0.1) is 0 Å². The van der Waals surface area contributed by atoms with Crippen LogP contribution in [0.4, 0.5) is 0 Å². The highest BCUT2D eigenvalue weighted by Gasteiger charge is 2.38. The highest BCUT2D eigenvalue weighted by atomic mass is 35.5. The second-order valence-corrected chi connectivity index (χ2v) is 9.21. The normalized spacial score (nSPS) is 20.8. The molecule has 7 nitrogen and oxygen atoms in total. The maximum absolute atomic E-state index is 12.6. The summed E-state index contributed by atoms with van der Waals surface area (Å²) in [5.41, 5.74) is 0.456. The third-order valence-electron chi connectivity index (χ3n) is 6.46. The highest BCUT2D eigenvalue weighted by molar-refractivity contribution is 6.42. The number of likely N-dealkylation sites (tertiary alicyclic amines) is 2. The number of pyridine rings is 1. The lowest BCUT2D eigenvalue weighted by Crippen LogP contribution is -2.48. The second kappa shape index (κ2) is 9.75. The summed E-state index contributed by atoms with van der Waals surface area (Å²) in [6.45, 7) is 2.79. The Hall–Kier alpha value is -2.19. The van der Waals surface area contributed by atoms with Crippen LogP contribution in [-0.4, -0.2) is 70.5 Å². The Labute approximate surface area is 197 Å². The van der Waals surface area contributed by atoms with Crippen molar-refractivity contribution in [1.29, 1.82) is 0 Å². The summed E-state index contributed by atoms with van der Waals surface area (Å²) in [5, 5.41) is 14.3. The number of aromatic nitrogens is 1. The molecule has 0 radical (unpaired) electrons. The number of nitrogens with zero attached hydrogens (tertiary/aromatic N) is 3. The zero-order valence-electron chi connectivity index (χ0n) is 17.6. The zero-order chi connectivity index (χ0) is 22.7. The Kier molecular flexibility index (Phi) is 7.00. The molecule has 2 saturated heterocycles. The Morgan fingerprint density at radius 3 is 2.50 bits per heavy atom. The topological polar surface area (TPSA) is 85.8 Å². The first-order valence-corrected chi connectivity index (χ1v) is 11.5. The number of nitrogens with one attached hydrogen (secondary N) is 1. The van der Waals surface area contributed by atoms with E-state index in [1.165, 1.54) is 6.07 Å². The highest BCUT2D eigenvalue weighted by Crippen LogP contribution is 2.34. The fraction of sp³-hybridized carbons (Fsp3) is 0.435. The van der Waals surface area contributed by atoms with Crippen molar-refractivity contribution in [3.8, 4) is 0 Å². The predicted octanol–water partition coefficient (Wildman–Crippen LogP) is 2.70. The van der Waals surface area contributed by atoms with Gasteiger partial charge in [-0.05, 0) is 55.2 Å². The van der Waals surface area contributed by atoms with Gasteiger partial charge in [-0.2, -0.15) is 0 Å². The SMILES string of the molecule is O=C(NCC(=O)N1CCC(N2CCC(O)(c3ccncc3)CC2)C1)c1ccc(Cl)c(Cl)c1. The molecule has 2 aliphatic rings. The average molecular weight is 477 g/mol. The molecule has 1 unspecified atom stereocenters. The van der Waals surface area contributed by atoms with E-state index in [2.05, 4.69) is 15.2 Å². The zero-order valence-corrected chi connectivity index (χ0v) is 19.1. The van der Waals surface area contributed by atoms with Crippen molar-refractivity contribution in [2.24, 2.45) is 0 Å². The minimum atomic E-state index is -0.817. The van der Waals surface area contributed by atoms with Gasteiger partial charge in [0, 0.05) is 50.2 Å². The van der Waals surface area contributed by atoms with E-state index in [0.29, 0.717) is 41.5 Å². The third-order valence-corrected chi connectivity index (χ3v) is 7.20. The van der Waals surface area contributed by atoms with Gasteiger partial charge in [0.15, 0.2) is 0 Å². The molecule has 2 N–H and O–H groups in total. The predicted molar refractivity (Wildman–Crippen MR) is 123 cm³/mol. The number of piperidine rings is 1. The van der Waals surface area contributed by atoms with Crippen LogP contribution in [0.15, 0.2) is 42.7 Å². The van der Waals surface area contributed by atoms with Crippen molar-refractivity contribution in [1.82, 2.24) is 20.1 Å². The van der Waals surface area contributed by atoms with E-state index in [0.717, 1.165) is 25.1 Å². The molecule has 3 heterocycles. The number of benzene rings is 1. The molecule has 0 aliphatic carbocycles. The number of rotatable bonds is 5. The molecule has 32 heavy (non-hydrogen) atoms. The van der Waals surface area contributed by atoms with Crippen LogP contribution in [0.1, 0.15) is 35.2 Å². The van der Waals surface area contributed by atoms with E-state index in [4.69, 9.17) is 23.2 Å². The van der Waals surface area contributed by atoms with Crippen molar-refractivity contribution < 1.29 is 14.7 Å². The lowest BCUT2D eigenvalue weighted by atomic mass is 9.84. The number of amides is 2. The third kappa shape index (κ3) is 5.07. The number of hydrogen-bond donors (Lipinski definition) is 2. The van der Waals surface area contributed by atoms with Crippen LogP contribution in [0.3, 0.4) is 0 Å². The van der Waals surface area contributed by atoms with E-state index in [-0.39, 0.29) is 24.4 Å². The van der Waals surface area contributed by atoms with E-state index < -0.39 is 5.60 Å². The molecule has 0 spiro atoms. The Morgan fingerprint density at radius 1 is 1.09 bits per heavy atom. The van der Waals surface area contributed by atoms with Crippen LogP contribution in [0, 0.1) is 0 Å². The quantitative estimate of drug-likeness (QED) is 0.692. The Balaban J connectivity index is 1.25. The second-order valence-electron chi connectivity index (χ2n) is 8.40. The van der Waals surface area contributed by atoms with E-state index in [1.807, 2.05) is 12.1 Å². The van der Waals surface area contributed by atoms with Crippen LogP contribution in [0.2, 0.25) is 10.0 Å². The number of carbonyl (C=O) groups excluding carboxylic acids is 2. The summed E-state index contributed by atoms with van der Waals surface area (Å²) >= 11 is 11.8. The molecule has 2 amide bonds. The molecule has 2 aromatic rings. The monoisotopic (exact) mass is 476 g/mol. The summed E-state index contributed by atoms with van der Waals surface area (Å²) < 4.78 is 0. The van der Waals surface area contributed by atoms with Gasteiger partial charge in [0.1, 0.15) is 0 Å². The molecular formula is C23H26Cl2N4O3. The van der Waals surface area contributed by atoms with E-state index in [9.17, 15) is 14.7 Å². The van der Waals surface area contributed by atoms with Crippen LogP contribution in [0.25, 0.3) is 0 Å². The van der Waals surface area contributed by atoms with E-state index >= 15 is 0 Å². The smallest absolute Gasteiger partial charge is 0.251 e. The van der Waals surface area contributed by atoms with E-state index in [1.54, 1.807) is 29.4 Å². The van der Waals surface area contributed by atoms with Crippen molar-refractivity contribution >= 4 is 35.0 Å². The Bertz CT molecular complexity index is 980. The van der Waals surface area contributed by atoms with Gasteiger partial charge in [0.05, 0.1) is 22.2 Å². The summed E-state index contributed by atoms with van der Waals surface area (Å²) in [4.78, 5) is 33.1. The lowest BCUT2D eigenvalue weighted by Gasteiger charge is -2.41. The first-order chi connectivity index (χ1) is 15.4. The molecule has 0 bridgehead atoms. The molecule has 4 rings (SSSR count). The van der Waals surface area contributed by atoms with Gasteiger partial charge >= 0.3 is 0 Å². The molecule has 9 heteroatoms. The van der Waals surface area contributed by atoms with Crippen LogP contribution in [-0.2, 0) is 10.4 Å². The largest absolute Gasteiger partial charge is 0.385 e. The number of halogens is 2. The minimum absolute atomic E-state index is 0.0619. The fourth-order valence-electron chi connectivity index (χ4n) is 4.48. The van der Waals surface area contributed by atoms with Crippen molar-refractivity contribution in [3.05, 3.63) is 63.9 Å². The van der Waals surface area contributed by atoms with Gasteiger partial charge < -0.3 is 15.3 Å². The molecule has 170 valence electrons. The summed E-state index contributed by atoms with van der Waals surface area (Å²) in [6, 6.07) is 8.63.